The zero-order valence-electron chi connectivity index (χ0n) is 13.4. The smallest absolute Gasteiger partial charge is 0.200 e. The normalized spacial score (nSPS) is 14.8. The maximum atomic E-state index is 11.9. The van der Waals surface area contributed by atoms with E-state index < -0.39 is 7.37 Å². The monoisotopic (exact) mass is 290 g/mol. The maximum Gasteiger partial charge on any atom is 0.200 e. The van der Waals surface area contributed by atoms with Crippen molar-refractivity contribution in [3.63, 3.8) is 0 Å². The Kier molecular flexibility index (Phi) is 12.1. The fourth-order valence-electron chi connectivity index (χ4n) is 2.59. The molecule has 0 heterocycles. The molecule has 0 saturated heterocycles. The summed E-state index contributed by atoms with van der Waals surface area (Å²) in [4.78, 5) is 9.84. The molecule has 0 bridgehead atoms. The first-order chi connectivity index (χ1) is 9.02. The first-order valence-corrected chi connectivity index (χ1v) is 10.5. The quantitative estimate of drug-likeness (QED) is 0.335. The molecule has 0 fully saturated rings. The SMILES string of the molecule is CCCCCCCC(CCCCCCC)P(C)(=O)O. The molecule has 0 spiro atoms. The standard InChI is InChI=1S/C16H35O2P/c1-4-6-8-10-12-14-16(19(3,17)18)15-13-11-9-7-5-2/h16H,4-15H2,1-3H3,(H,17,18). The molecular formula is C16H35O2P. The van der Waals surface area contributed by atoms with Crippen molar-refractivity contribution in [2.24, 2.45) is 0 Å². The van der Waals surface area contributed by atoms with Crippen molar-refractivity contribution in [3.05, 3.63) is 0 Å². The third kappa shape index (κ3) is 11.7. The van der Waals surface area contributed by atoms with E-state index in [4.69, 9.17) is 0 Å². The zero-order valence-corrected chi connectivity index (χ0v) is 14.3. The maximum absolute atomic E-state index is 11.9. The molecule has 116 valence electrons. The molecule has 1 N–H and O–H groups in total. The summed E-state index contributed by atoms with van der Waals surface area (Å²) in [5.74, 6) is 0. The van der Waals surface area contributed by atoms with E-state index in [0.717, 1.165) is 25.7 Å². The van der Waals surface area contributed by atoms with Crippen LogP contribution in [0.4, 0.5) is 0 Å². The number of hydrogen-bond donors (Lipinski definition) is 1. The Hall–Kier alpha value is 0.190. The van der Waals surface area contributed by atoms with Crippen molar-refractivity contribution in [3.8, 4) is 0 Å². The molecule has 1 atom stereocenters. The van der Waals surface area contributed by atoms with Crippen LogP contribution in [0.25, 0.3) is 0 Å². The summed E-state index contributed by atoms with van der Waals surface area (Å²) in [5, 5.41) is 0. The second-order valence-electron chi connectivity index (χ2n) is 6.00. The van der Waals surface area contributed by atoms with E-state index in [2.05, 4.69) is 13.8 Å². The highest BCUT2D eigenvalue weighted by molar-refractivity contribution is 7.57. The summed E-state index contributed by atoms with van der Waals surface area (Å²) >= 11 is 0. The van der Waals surface area contributed by atoms with Gasteiger partial charge < -0.3 is 4.89 Å². The molecule has 0 aromatic heterocycles. The van der Waals surface area contributed by atoms with Gasteiger partial charge in [-0.3, -0.25) is 4.57 Å². The van der Waals surface area contributed by atoms with Crippen molar-refractivity contribution < 1.29 is 9.46 Å². The van der Waals surface area contributed by atoms with Crippen molar-refractivity contribution in [2.45, 2.75) is 96.6 Å². The molecule has 0 aliphatic carbocycles. The largest absolute Gasteiger partial charge is 0.344 e. The van der Waals surface area contributed by atoms with Crippen LogP contribution >= 0.6 is 7.37 Å². The van der Waals surface area contributed by atoms with Gasteiger partial charge in [-0.25, -0.2) is 0 Å². The van der Waals surface area contributed by atoms with Crippen molar-refractivity contribution >= 4 is 7.37 Å². The van der Waals surface area contributed by atoms with Crippen LogP contribution in [-0.4, -0.2) is 17.2 Å². The lowest BCUT2D eigenvalue weighted by Gasteiger charge is -2.20. The molecule has 0 aromatic carbocycles. The van der Waals surface area contributed by atoms with Crippen LogP contribution in [0.1, 0.15) is 90.9 Å². The lowest BCUT2D eigenvalue weighted by Crippen LogP contribution is -2.08. The second-order valence-corrected chi connectivity index (χ2v) is 8.62. The molecule has 3 heteroatoms. The van der Waals surface area contributed by atoms with E-state index in [1.165, 1.54) is 51.4 Å². The first kappa shape index (κ1) is 19.2. The highest BCUT2D eigenvalue weighted by atomic mass is 31.2. The van der Waals surface area contributed by atoms with Crippen LogP contribution in [0.3, 0.4) is 0 Å². The van der Waals surface area contributed by atoms with Gasteiger partial charge in [-0.1, -0.05) is 78.1 Å². The second kappa shape index (κ2) is 12.0. The molecule has 1 unspecified atom stereocenters. The molecule has 0 saturated carbocycles. The van der Waals surface area contributed by atoms with Crippen molar-refractivity contribution in [1.29, 1.82) is 0 Å². The van der Waals surface area contributed by atoms with Crippen molar-refractivity contribution in [1.82, 2.24) is 0 Å². The number of unbranched alkanes of at least 4 members (excludes halogenated alkanes) is 8. The van der Waals surface area contributed by atoms with E-state index in [1.54, 1.807) is 6.66 Å². The predicted octanol–water partition coefficient (Wildman–Crippen LogP) is 5.98. The molecule has 19 heavy (non-hydrogen) atoms. The van der Waals surface area contributed by atoms with E-state index >= 15 is 0 Å². The number of hydrogen-bond acceptors (Lipinski definition) is 1. The lowest BCUT2D eigenvalue weighted by atomic mass is 10.0. The third-order valence-corrected chi connectivity index (χ3v) is 5.83. The third-order valence-electron chi connectivity index (χ3n) is 3.96. The van der Waals surface area contributed by atoms with Crippen LogP contribution in [-0.2, 0) is 4.57 Å². The summed E-state index contributed by atoms with van der Waals surface area (Å²) in [6.45, 7) is 5.98. The van der Waals surface area contributed by atoms with Crippen LogP contribution < -0.4 is 0 Å². The molecule has 0 aliphatic heterocycles. The van der Waals surface area contributed by atoms with Gasteiger partial charge in [0.1, 0.15) is 0 Å². The summed E-state index contributed by atoms with van der Waals surface area (Å²) in [5.41, 5.74) is 0.0516. The van der Waals surface area contributed by atoms with Gasteiger partial charge in [-0.2, -0.15) is 0 Å². The molecule has 0 aromatic rings. The van der Waals surface area contributed by atoms with Crippen LogP contribution in [0.15, 0.2) is 0 Å². The van der Waals surface area contributed by atoms with Crippen LogP contribution in [0, 0.1) is 0 Å². The summed E-state index contributed by atoms with van der Waals surface area (Å²) < 4.78 is 11.9. The zero-order chi connectivity index (χ0) is 14.6. The Morgan fingerprint density at radius 2 is 1.16 bits per heavy atom. The minimum Gasteiger partial charge on any atom is -0.344 e. The van der Waals surface area contributed by atoms with E-state index in [9.17, 15) is 9.46 Å². The van der Waals surface area contributed by atoms with Gasteiger partial charge in [0.2, 0.25) is 7.37 Å². The van der Waals surface area contributed by atoms with Crippen LogP contribution in [0.2, 0.25) is 0 Å². The van der Waals surface area contributed by atoms with Gasteiger partial charge in [0.15, 0.2) is 0 Å². The van der Waals surface area contributed by atoms with Gasteiger partial charge >= 0.3 is 0 Å². The van der Waals surface area contributed by atoms with Gasteiger partial charge in [-0.05, 0) is 12.8 Å². The highest BCUT2D eigenvalue weighted by Gasteiger charge is 2.24. The molecule has 0 amide bonds. The van der Waals surface area contributed by atoms with Crippen LogP contribution in [0.5, 0.6) is 0 Å². The Bertz CT molecular complexity index is 221. The molecule has 2 nitrogen and oxygen atoms in total. The van der Waals surface area contributed by atoms with E-state index in [-0.39, 0.29) is 5.66 Å². The number of rotatable bonds is 13. The fourth-order valence-corrected chi connectivity index (χ4v) is 3.91. The summed E-state index contributed by atoms with van der Waals surface area (Å²) in [6.07, 6.45) is 14.2. The van der Waals surface area contributed by atoms with E-state index in [1.807, 2.05) is 0 Å². The molecule has 0 aliphatic rings. The Balaban J connectivity index is 3.81. The Morgan fingerprint density at radius 3 is 1.47 bits per heavy atom. The Morgan fingerprint density at radius 1 is 0.789 bits per heavy atom. The van der Waals surface area contributed by atoms with Gasteiger partial charge in [0.05, 0.1) is 0 Å². The first-order valence-electron chi connectivity index (χ1n) is 8.32. The molecule has 0 rings (SSSR count). The average Bonchev–Trinajstić information content (AvgIpc) is 2.34. The fraction of sp³-hybridized carbons (Fsp3) is 1.00. The minimum absolute atomic E-state index is 0.0516. The molecule has 0 radical (unpaired) electrons. The minimum atomic E-state index is -2.89. The average molecular weight is 290 g/mol. The predicted molar refractivity (Wildman–Crippen MR) is 86.3 cm³/mol. The lowest BCUT2D eigenvalue weighted by molar-refractivity contribution is 0.445. The highest BCUT2D eigenvalue weighted by Crippen LogP contribution is 2.46. The summed E-state index contributed by atoms with van der Waals surface area (Å²) in [6, 6.07) is 0. The van der Waals surface area contributed by atoms with Gasteiger partial charge in [0.25, 0.3) is 0 Å². The van der Waals surface area contributed by atoms with E-state index in [0.29, 0.717) is 0 Å². The summed E-state index contributed by atoms with van der Waals surface area (Å²) in [7, 11) is -2.89. The van der Waals surface area contributed by atoms with Crippen molar-refractivity contribution in [2.75, 3.05) is 6.66 Å². The van der Waals surface area contributed by atoms with Gasteiger partial charge in [0, 0.05) is 12.3 Å². The molecular weight excluding hydrogens is 255 g/mol. The van der Waals surface area contributed by atoms with Gasteiger partial charge in [-0.15, -0.1) is 0 Å². The Labute approximate surface area is 120 Å². The topological polar surface area (TPSA) is 37.3 Å².